The van der Waals surface area contributed by atoms with Gasteiger partial charge in [0.15, 0.2) is 0 Å². The molecule has 1 aliphatic rings. The standard InChI is InChI=1S/C15H24N2O4.CH2O2/c1-11-8-14(12(2)21-11)15(19)17-5-7-20-10-13(17)9-16(3)4-6-18;2-1-3/h8,13,18H,4-7,9-10H2,1-3H3;1H,(H,2,3). The first-order valence-corrected chi connectivity index (χ1v) is 7.77. The second-order valence-electron chi connectivity index (χ2n) is 5.65. The van der Waals surface area contributed by atoms with Crippen LogP contribution in [-0.4, -0.2) is 84.9 Å². The van der Waals surface area contributed by atoms with Crippen molar-refractivity contribution in [2.75, 3.05) is 46.5 Å². The van der Waals surface area contributed by atoms with Crippen molar-refractivity contribution in [3.63, 3.8) is 0 Å². The van der Waals surface area contributed by atoms with Crippen LogP contribution in [0.5, 0.6) is 0 Å². The van der Waals surface area contributed by atoms with Crippen molar-refractivity contribution in [1.82, 2.24) is 9.80 Å². The number of carbonyl (C=O) groups is 2. The molecule has 2 N–H and O–H groups in total. The summed E-state index contributed by atoms with van der Waals surface area (Å²) in [5, 5.41) is 15.9. The average molecular weight is 342 g/mol. The van der Waals surface area contributed by atoms with Crippen LogP contribution in [0.4, 0.5) is 0 Å². The SMILES string of the molecule is Cc1cc(C(=O)N2CCOCC2CN(C)CCO)c(C)o1.O=CO. The number of aliphatic hydroxyl groups is 1. The number of ether oxygens (including phenoxy) is 1. The molecule has 2 rings (SSSR count). The largest absolute Gasteiger partial charge is 0.483 e. The van der Waals surface area contributed by atoms with E-state index in [0.717, 1.165) is 5.76 Å². The molecule has 2 heterocycles. The molecular weight excluding hydrogens is 316 g/mol. The van der Waals surface area contributed by atoms with Crippen molar-refractivity contribution >= 4 is 12.4 Å². The van der Waals surface area contributed by atoms with Gasteiger partial charge in [0.2, 0.25) is 0 Å². The van der Waals surface area contributed by atoms with Gasteiger partial charge in [-0.2, -0.15) is 0 Å². The zero-order valence-corrected chi connectivity index (χ0v) is 14.4. The Balaban J connectivity index is 0.000000891. The molecule has 1 aromatic heterocycles. The number of hydrogen-bond acceptors (Lipinski definition) is 6. The van der Waals surface area contributed by atoms with Gasteiger partial charge in [-0.25, -0.2) is 0 Å². The summed E-state index contributed by atoms with van der Waals surface area (Å²) >= 11 is 0. The van der Waals surface area contributed by atoms with Crippen molar-refractivity contribution in [2.45, 2.75) is 19.9 Å². The van der Waals surface area contributed by atoms with Crippen molar-refractivity contribution in [1.29, 1.82) is 0 Å². The molecule has 0 saturated carbocycles. The molecule has 8 heteroatoms. The van der Waals surface area contributed by atoms with E-state index in [1.54, 1.807) is 6.07 Å². The van der Waals surface area contributed by atoms with E-state index in [4.69, 9.17) is 24.2 Å². The summed E-state index contributed by atoms with van der Waals surface area (Å²) < 4.78 is 11.0. The van der Waals surface area contributed by atoms with E-state index in [0.29, 0.717) is 44.2 Å². The zero-order chi connectivity index (χ0) is 18.1. The van der Waals surface area contributed by atoms with Crippen molar-refractivity contribution in [3.05, 3.63) is 23.2 Å². The predicted octanol–water partition coefficient (Wildman–Crippen LogP) is 0.362. The summed E-state index contributed by atoms with van der Waals surface area (Å²) in [7, 11) is 1.93. The van der Waals surface area contributed by atoms with E-state index >= 15 is 0 Å². The maximum atomic E-state index is 12.7. The van der Waals surface area contributed by atoms with Gasteiger partial charge in [0.1, 0.15) is 11.5 Å². The molecule has 1 atom stereocenters. The number of amides is 1. The minimum atomic E-state index is -0.250. The van der Waals surface area contributed by atoms with E-state index in [2.05, 4.69) is 0 Å². The van der Waals surface area contributed by atoms with Gasteiger partial charge in [0.25, 0.3) is 12.4 Å². The van der Waals surface area contributed by atoms with Gasteiger partial charge < -0.3 is 29.2 Å². The Kier molecular flexibility index (Phi) is 8.45. The molecule has 0 radical (unpaired) electrons. The lowest BCUT2D eigenvalue weighted by molar-refractivity contribution is -0.122. The quantitative estimate of drug-likeness (QED) is 0.745. The highest BCUT2D eigenvalue weighted by Gasteiger charge is 2.30. The monoisotopic (exact) mass is 342 g/mol. The van der Waals surface area contributed by atoms with Crippen LogP contribution in [-0.2, 0) is 9.53 Å². The number of carbonyl (C=O) groups excluding carboxylic acids is 1. The number of carboxylic acid groups (broad SMARTS) is 1. The fourth-order valence-electron chi connectivity index (χ4n) is 2.69. The summed E-state index contributed by atoms with van der Waals surface area (Å²) in [6.45, 7) is 6.45. The molecular formula is C16H26N2O6. The molecule has 0 spiro atoms. The van der Waals surface area contributed by atoms with Gasteiger partial charge in [-0.3, -0.25) is 9.59 Å². The number of hydrogen-bond donors (Lipinski definition) is 2. The van der Waals surface area contributed by atoms with Gasteiger partial charge in [-0.15, -0.1) is 0 Å². The van der Waals surface area contributed by atoms with Crippen LogP contribution >= 0.6 is 0 Å². The van der Waals surface area contributed by atoms with E-state index in [1.165, 1.54) is 0 Å². The van der Waals surface area contributed by atoms with Gasteiger partial charge in [0, 0.05) is 19.6 Å². The van der Waals surface area contributed by atoms with Gasteiger partial charge in [-0.05, 0) is 27.0 Å². The smallest absolute Gasteiger partial charge is 0.290 e. The minimum Gasteiger partial charge on any atom is -0.483 e. The molecule has 1 aliphatic heterocycles. The van der Waals surface area contributed by atoms with E-state index in [-0.39, 0.29) is 25.0 Å². The molecule has 1 aromatic rings. The lowest BCUT2D eigenvalue weighted by Gasteiger charge is -2.37. The normalized spacial score (nSPS) is 17.4. The first-order chi connectivity index (χ1) is 11.4. The Bertz CT molecular complexity index is 531. The third-order valence-electron chi connectivity index (χ3n) is 3.76. The number of aliphatic hydroxyl groups excluding tert-OH is 1. The van der Waals surface area contributed by atoms with Crippen LogP contribution in [0.1, 0.15) is 21.9 Å². The van der Waals surface area contributed by atoms with Crippen LogP contribution in [0.15, 0.2) is 10.5 Å². The average Bonchev–Trinajstić information content (AvgIpc) is 2.87. The minimum absolute atomic E-state index is 0.00240. The maximum absolute atomic E-state index is 12.7. The molecule has 1 unspecified atom stereocenters. The van der Waals surface area contributed by atoms with Crippen LogP contribution in [0.3, 0.4) is 0 Å². The van der Waals surface area contributed by atoms with Crippen LogP contribution in [0.25, 0.3) is 0 Å². The van der Waals surface area contributed by atoms with Gasteiger partial charge in [-0.1, -0.05) is 0 Å². The fourth-order valence-corrected chi connectivity index (χ4v) is 2.69. The van der Waals surface area contributed by atoms with Gasteiger partial charge >= 0.3 is 0 Å². The first-order valence-electron chi connectivity index (χ1n) is 7.77. The summed E-state index contributed by atoms with van der Waals surface area (Å²) in [6, 6.07) is 1.79. The van der Waals surface area contributed by atoms with Crippen molar-refractivity contribution in [2.24, 2.45) is 0 Å². The van der Waals surface area contributed by atoms with Crippen LogP contribution in [0.2, 0.25) is 0 Å². The lowest BCUT2D eigenvalue weighted by atomic mass is 10.1. The van der Waals surface area contributed by atoms with E-state index in [9.17, 15) is 4.79 Å². The van der Waals surface area contributed by atoms with Crippen molar-refractivity contribution < 1.29 is 29.0 Å². The predicted molar refractivity (Wildman–Crippen MR) is 87.1 cm³/mol. The first kappa shape index (κ1) is 20.1. The van der Waals surface area contributed by atoms with Gasteiger partial charge in [0.05, 0.1) is 31.4 Å². The number of rotatable bonds is 5. The highest BCUT2D eigenvalue weighted by atomic mass is 16.5. The molecule has 1 saturated heterocycles. The number of nitrogens with zero attached hydrogens (tertiary/aromatic N) is 2. The highest BCUT2D eigenvalue weighted by molar-refractivity contribution is 5.95. The fraction of sp³-hybridized carbons (Fsp3) is 0.625. The summed E-state index contributed by atoms with van der Waals surface area (Å²) in [4.78, 5) is 25.0. The Labute approximate surface area is 141 Å². The van der Waals surface area contributed by atoms with Crippen LogP contribution < -0.4 is 0 Å². The van der Waals surface area contributed by atoms with Crippen molar-refractivity contribution in [3.8, 4) is 0 Å². The Morgan fingerprint density at radius 3 is 2.71 bits per heavy atom. The molecule has 0 aromatic carbocycles. The third kappa shape index (κ3) is 5.63. The number of morpholine rings is 1. The third-order valence-corrected chi connectivity index (χ3v) is 3.76. The Morgan fingerprint density at radius 1 is 1.50 bits per heavy atom. The zero-order valence-electron chi connectivity index (χ0n) is 14.4. The number of aryl methyl sites for hydroxylation is 2. The molecule has 8 nitrogen and oxygen atoms in total. The number of furan rings is 1. The lowest BCUT2D eigenvalue weighted by Crippen LogP contribution is -2.53. The maximum Gasteiger partial charge on any atom is 0.290 e. The summed E-state index contributed by atoms with van der Waals surface area (Å²) in [5.41, 5.74) is 0.629. The second kappa shape index (κ2) is 10.1. The molecule has 1 amide bonds. The molecule has 1 fully saturated rings. The summed E-state index contributed by atoms with van der Waals surface area (Å²) in [5.74, 6) is 1.40. The number of likely N-dealkylation sites (N-methyl/N-ethyl adjacent to an activating group) is 1. The Hall–Kier alpha value is -1.90. The van der Waals surface area contributed by atoms with Crippen LogP contribution in [0, 0.1) is 13.8 Å². The summed E-state index contributed by atoms with van der Waals surface area (Å²) in [6.07, 6.45) is 0. The molecule has 136 valence electrons. The Morgan fingerprint density at radius 2 is 2.17 bits per heavy atom. The molecule has 24 heavy (non-hydrogen) atoms. The van der Waals surface area contributed by atoms with E-state index in [1.807, 2.05) is 30.7 Å². The topological polar surface area (TPSA) is 103 Å². The molecule has 0 bridgehead atoms. The molecule has 0 aliphatic carbocycles. The highest BCUT2D eigenvalue weighted by Crippen LogP contribution is 2.19. The second-order valence-corrected chi connectivity index (χ2v) is 5.65. The van der Waals surface area contributed by atoms with E-state index < -0.39 is 0 Å².